The molecule has 0 aliphatic heterocycles. The lowest BCUT2D eigenvalue weighted by Crippen LogP contribution is -2.01. The summed E-state index contributed by atoms with van der Waals surface area (Å²) < 4.78 is 6.03. The monoisotopic (exact) mass is 318 g/mol. The minimum absolute atomic E-state index is 0.526. The molecule has 1 rings (SSSR count). The maximum atomic E-state index is 6.03. The summed E-state index contributed by atoms with van der Waals surface area (Å²) in [6.07, 6.45) is 13.7. The first kappa shape index (κ1) is 20.1. The van der Waals surface area contributed by atoms with E-state index in [0.717, 1.165) is 12.4 Å². The Morgan fingerprint density at radius 1 is 0.826 bits per heavy atom. The van der Waals surface area contributed by atoms with Crippen LogP contribution in [0.25, 0.3) is 0 Å². The highest BCUT2D eigenvalue weighted by atomic mass is 16.5. The molecule has 0 saturated carbocycles. The van der Waals surface area contributed by atoms with Crippen LogP contribution in [0.2, 0.25) is 0 Å². The number of unbranched alkanes of at least 4 members (excludes halogenated alkanes) is 9. The first-order valence-electron chi connectivity index (χ1n) is 9.88. The molecule has 23 heavy (non-hydrogen) atoms. The van der Waals surface area contributed by atoms with E-state index in [1.807, 2.05) is 0 Å². The third-order valence-corrected chi connectivity index (χ3v) is 4.54. The number of aryl methyl sites for hydroxylation is 1. The molecule has 1 heteroatoms. The highest BCUT2D eigenvalue weighted by Crippen LogP contribution is 2.27. The first-order chi connectivity index (χ1) is 11.1. The quantitative estimate of drug-likeness (QED) is 0.344. The molecule has 0 N–H and O–H groups in total. The summed E-state index contributed by atoms with van der Waals surface area (Å²) in [4.78, 5) is 0. The van der Waals surface area contributed by atoms with Crippen LogP contribution in [0.1, 0.15) is 102 Å². The molecule has 0 amide bonds. The Morgan fingerprint density at radius 3 is 1.96 bits per heavy atom. The molecule has 0 aromatic heterocycles. The molecule has 0 aliphatic rings. The van der Waals surface area contributed by atoms with E-state index in [1.165, 1.54) is 75.3 Å². The van der Waals surface area contributed by atoms with Gasteiger partial charge in [-0.05, 0) is 30.9 Å². The highest BCUT2D eigenvalue weighted by Gasteiger charge is 2.07. The van der Waals surface area contributed by atoms with Crippen molar-refractivity contribution in [2.45, 2.75) is 97.8 Å². The van der Waals surface area contributed by atoms with Crippen molar-refractivity contribution in [3.63, 3.8) is 0 Å². The van der Waals surface area contributed by atoms with Crippen molar-refractivity contribution >= 4 is 0 Å². The van der Waals surface area contributed by atoms with Gasteiger partial charge in [0.25, 0.3) is 0 Å². The third-order valence-electron chi connectivity index (χ3n) is 4.54. The van der Waals surface area contributed by atoms with Gasteiger partial charge in [-0.15, -0.1) is 0 Å². The van der Waals surface area contributed by atoms with Crippen LogP contribution in [0.15, 0.2) is 18.2 Å². The van der Waals surface area contributed by atoms with E-state index in [1.54, 1.807) is 0 Å². The number of ether oxygens (including phenoxy) is 1. The lowest BCUT2D eigenvalue weighted by molar-refractivity contribution is 0.300. The number of hydrogen-bond acceptors (Lipinski definition) is 1. The van der Waals surface area contributed by atoms with Gasteiger partial charge in [0.15, 0.2) is 0 Å². The molecular formula is C22H38O. The lowest BCUT2D eigenvalue weighted by Gasteiger charge is -2.15. The third kappa shape index (κ3) is 9.03. The van der Waals surface area contributed by atoms with E-state index in [0.29, 0.717) is 5.92 Å². The maximum Gasteiger partial charge on any atom is 0.122 e. The van der Waals surface area contributed by atoms with Crippen molar-refractivity contribution in [2.24, 2.45) is 0 Å². The summed E-state index contributed by atoms with van der Waals surface area (Å²) in [5.41, 5.74) is 2.66. The zero-order chi connectivity index (χ0) is 16.9. The van der Waals surface area contributed by atoms with Crippen LogP contribution in [-0.4, -0.2) is 6.61 Å². The summed E-state index contributed by atoms with van der Waals surface area (Å²) in [5.74, 6) is 1.61. The summed E-state index contributed by atoms with van der Waals surface area (Å²) in [6.45, 7) is 9.77. The summed E-state index contributed by atoms with van der Waals surface area (Å²) in [5, 5.41) is 0. The topological polar surface area (TPSA) is 9.23 Å². The van der Waals surface area contributed by atoms with E-state index in [9.17, 15) is 0 Å². The predicted molar refractivity (Wildman–Crippen MR) is 103 cm³/mol. The number of benzene rings is 1. The molecule has 0 radical (unpaired) electrons. The molecule has 0 saturated heterocycles. The van der Waals surface area contributed by atoms with Crippen LogP contribution in [0.3, 0.4) is 0 Å². The zero-order valence-electron chi connectivity index (χ0n) is 16.0. The SMILES string of the molecule is CCCCCCCCCCCCOc1ccc(C)cc1C(C)C. The van der Waals surface area contributed by atoms with E-state index in [4.69, 9.17) is 4.74 Å². The normalized spacial score (nSPS) is 11.2. The number of rotatable bonds is 13. The smallest absolute Gasteiger partial charge is 0.122 e. The Morgan fingerprint density at radius 2 is 1.39 bits per heavy atom. The molecule has 132 valence electrons. The number of hydrogen-bond donors (Lipinski definition) is 0. The van der Waals surface area contributed by atoms with Gasteiger partial charge >= 0.3 is 0 Å². The van der Waals surface area contributed by atoms with E-state index in [-0.39, 0.29) is 0 Å². The second kappa shape index (κ2) is 12.4. The zero-order valence-corrected chi connectivity index (χ0v) is 16.0. The standard InChI is InChI=1S/C22H38O/c1-5-6-7-8-9-10-11-12-13-14-17-23-22-16-15-20(4)18-21(22)19(2)3/h15-16,18-19H,5-14,17H2,1-4H3. The molecule has 0 fully saturated rings. The molecule has 1 nitrogen and oxygen atoms in total. The largest absolute Gasteiger partial charge is 0.493 e. The molecule has 0 spiro atoms. The molecular weight excluding hydrogens is 280 g/mol. The highest BCUT2D eigenvalue weighted by molar-refractivity contribution is 5.38. The summed E-state index contributed by atoms with van der Waals surface area (Å²) >= 11 is 0. The van der Waals surface area contributed by atoms with Crippen molar-refractivity contribution in [1.82, 2.24) is 0 Å². The van der Waals surface area contributed by atoms with Gasteiger partial charge in [-0.1, -0.05) is 96.3 Å². The second-order valence-electron chi connectivity index (χ2n) is 7.23. The maximum absolute atomic E-state index is 6.03. The summed E-state index contributed by atoms with van der Waals surface area (Å²) in [6, 6.07) is 6.55. The van der Waals surface area contributed by atoms with Crippen LogP contribution < -0.4 is 4.74 Å². The average molecular weight is 319 g/mol. The van der Waals surface area contributed by atoms with E-state index in [2.05, 4.69) is 45.9 Å². The van der Waals surface area contributed by atoms with E-state index >= 15 is 0 Å². The Labute approximate surface area is 144 Å². The molecule has 0 unspecified atom stereocenters. The van der Waals surface area contributed by atoms with Crippen molar-refractivity contribution in [1.29, 1.82) is 0 Å². The van der Waals surface area contributed by atoms with Crippen molar-refractivity contribution in [3.8, 4) is 5.75 Å². The van der Waals surface area contributed by atoms with Crippen LogP contribution >= 0.6 is 0 Å². The van der Waals surface area contributed by atoms with Gasteiger partial charge in [0, 0.05) is 0 Å². The van der Waals surface area contributed by atoms with Crippen molar-refractivity contribution in [2.75, 3.05) is 6.61 Å². The Bertz CT molecular complexity index is 408. The fourth-order valence-electron chi connectivity index (χ4n) is 3.02. The van der Waals surface area contributed by atoms with Crippen LogP contribution in [0.4, 0.5) is 0 Å². The van der Waals surface area contributed by atoms with Gasteiger partial charge in [0.1, 0.15) is 5.75 Å². The lowest BCUT2D eigenvalue weighted by atomic mass is 10.00. The van der Waals surface area contributed by atoms with Crippen LogP contribution in [0.5, 0.6) is 5.75 Å². The van der Waals surface area contributed by atoms with Crippen molar-refractivity contribution in [3.05, 3.63) is 29.3 Å². The first-order valence-corrected chi connectivity index (χ1v) is 9.88. The van der Waals surface area contributed by atoms with Gasteiger partial charge in [0.2, 0.25) is 0 Å². The Kier molecular flexibility index (Phi) is 10.9. The average Bonchev–Trinajstić information content (AvgIpc) is 2.53. The second-order valence-corrected chi connectivity index (χ2v) is 7.23. The predicted octanol–water partition coefficient (Wildman–Crippen LogP) is 7.42. The molecule has 0 aliphatic carbocycles. The molecule has 1 aromatic rings. The van der Waals surface area contributed by atoms with Gasteiger partial charge in [-0.25, -0.2) is 0 Å². The van der Waals surface area contributed by atoms with Crippen molar-refractivity contribution < 1.29 is 4.74 Å². The summed E-state index contributed by atoms with van der Waals surface area (Å²) in [7, 11) is 0. The Balaban J connectivity index is 2.07. The van der Waals surface area contributed by atoms with Gasteiger partial charge < -0.3 is 4.74 Å². The molecule has 0 atom stereocenters. The fourth-order valence-corrected chi connectivity index (χ4v) is 3.02. The fraction of sp³-hybridized carbons (Fsp3) is 0.727. The Hall–Kier alpha value is -0.980. The minimum Gasteiger partial charge on any atom is -0.493 e. The molecule has 0 bridgehead atoms. The van der Waals surface area contributed by atoms with Crippen LogP contribution in [0, 0.1) is 6.92 Å². The molecule has 1 aromatic carbocycles. The van der Waals surface area contributed by atoms with E-state index < -0.39 is 0 Å². The minimum atomic E-state index is 0.526. The van der Waals surface area contributed by atoms with Gasteiger partial charge in [-0.2, -0.15) is 0 Å². The van der Waals surface area contributed by atoms with Gasteiger partial charge in [-0.3, -0.25) is 0 Å². The van der Waals surface area contributed by atoms with Crippen LogP contribution in [-0.2, 0) is 0 Å². The van der Waals surface area contributed by atoms with Gasteiger partial charge in [0.05, 0.1) is 6.61 Å². The molecule has 0 heterocycles.